The Balaban J connectivity index is 1.39. The van der Waals surface area contributed by atoms with Crippen LogP contribution in [0, 0.1) is 3.57 Å². The molecule has 0 aliphatic carbocycles. The van der Waals surface area contributed by atoms with Crippen LogP contribution in [0.1, 0.15) is 0 Å². The highest BCUT2D eigenvalue weighted by atomic mass is 127. The van der Waals surface area contributed by atoms with Crippen molar-refractivity contribution in [3.05, 3.63) is 113 Å². The quantitative estimate of drug-likeness (QED) is 0.220. The van der Waals surface area contributed by atoms with Gasteiger partial charge in [-0.3, -0.25) is 0 Å². The molecule has 35 heavy (non-hydrogen) atoms. The third kappa shape index (κ3) is 4.15. The number of benzene rings is 4. The molecule has 172 valence electrons. The number of aliphatic hydroxyl groups is 1. The van der Waals surface area contributed by atoms with E-state index >= 15 is 0 Å². The Kier molecular flexibility index (Phi) is 5.88. The lowest BCUT2D eigenvalue weighted by Gasteiger charge is -2.17. The van der Waals surface area contributed by atoms with Gasteiger partial charge in [0.2, 0.25) is 0 Å². The van der Waals surface area contributed by atoms with Gasteiger partial charge in [0.25, 0.3) is 0 Å². The fraction of sp³-hybridized carbons (Fsp3) is 0.100. The highest BCUT2D eigenvalue weighted by Crippen LogP contribution is 2.33. The first-order valence-corrected chi connectivity index (χ1v) is 12.8. The summed E-state index contributed by atoms with van der Waals surface area (Å²) in [5.41, 5.74) is 6.38. The molecule has 0 radical (unpaired) electrons. The minimum atomic E-state index is -0.589. The second-order valence-corrected chi connectivity index (χ2v) is 10.0. The van der Waals surface area contributed by atoms with E-state index < -0.39 is 6.10 Å². The highest BCUT2D eigenvalue weighted by molar-refractivity contribution is 14.1. The minimum absolute atomic E-state index is 0.447. The molecule has 0 unspecified atom stereocenters. The topological polar surface area (TPSA) is 43.0 Å². The largest absolute Gasteiger partial charge is 0.389 e. The monoisotopic (exact) mass is 569 g/mol. The molecule has 0 spiro atoms. The van der Waals surface area contributed by atoms with Crippen LogP contribution in [0.3, 0.4) is 0 Å². The number of hydrogen-bond donors (Lipinski definition) is 1. The normalized spacial score (nSPS) is 12.4. The zero-order valence-corrected chi connectivity index (χ0v) is 21.2. The molecule has 0 fully saturated rings. The van der Waals surface area contributed by atoms with E-state index in [4.69, 9.17) is 4.98 Å². The molecule has 0 bridgehead atoms. The van der Waals surface area contributed by atoms with Gasteiger partial charge in [-0.2, -0.15) is 0 Å². The van der Waals surface area contributed by atoms with E-state index in [-0.39, 0.29) is 0 Å². The van der Waals surface area contributed by atoms with Gasteiger partial charge in [-0.05, 0) is 46.9 Å². The Hall–Kier alpha value is -3.42. The van der Waals surface area contributed by atoms with Crippen molar-refractivity contribution in [1.29, 1.82) is 0 Å². The van der Waals surface area contributed by atoms with Gasteiger partial charge in [0.05, 0.1) is 36.9 Å². The molecule has 0 aliphatic heterocycles. The van der Waals surface area contributed by atoms with E-state index in [0.29, 0.717) is 13.1 Å². The van der Waals surface area contributed by atoms with Crippen LogP contribution in [0.25, 0.3) is 44.3 Å². The predicted molar refractivity (Wildman–Crippen MR) is 151 cm³/mol. The van der Waals surface area contributed by atoms with Gasteiger partial charge in [-0.1, -0.05) is 78.9 Å². The molecule has 6 aromatic rings. The van der Waals surface area contributed by atoms with Crippen LogP contribution in [0.2, 0.25) is 0 Å². The van der Waals surface area contributed by atoms with Gasteiger partial charge in [-0.15, -0.1) is 0 Å². The Morgan fingerprint density at radius 2 is 1.37 bits per heavy atom. The fourth-order valence-electron chi connectivity index (χ4n) is 4.94. The Morgan fingerprint density at radius 1 is 0.714 bits per heavy atom. The number of fused-ring (bicyclic) bond motifs is 3. The number of nitrogens with zero attached hydrogens (tertiary/aromatic N) is 3. The highest BCUT2D eigenvalue weighted by Gasteiger charge is 2.19. The number of aromatic nitrogens is 3. The summed E-state index contributed by atoms with van der Waals surface area (Å²) in [4.78, 5) is 4.77. The molecule has 0 saturated heterocycles. The van der Waals surface area contributed by atoms with Crippen molar-refractivity contribution in [3.8, 4) is 22.5 Å². The van der Waals surface area contributed by atoms with Crippen LogP contribution in [0.4, 0.5) is 0 Å². The van der Waals surface area contributed by atoms with Crippen molar-refractivity contribution < 1.29 is 5.11 Å². The molecule has 0 saturated carbocycles. The number of rotatable bonds is 6. The summed E-state index contributed by atoms with van der Waals surface area (Å²) < 4.78 is 5.53. The third-order valence-corrected chi connectivity index (χ3v) is 7.14. The Morgan fingerprint density at radius 3 is 2.14 bits per heavy atom. The van der Waals surface area contributed by atoms with Crippen molar-refractivity contribution in [1.82, 2.24) is 14.1 Å². The molecule has 4 aromatic carbocycles. The van der Waals surface area contributed by atoms with Crippen LogP contribution in [-0.4, -0.2) is 25.3 Å². The van der Waals surface area contributed by atoms with Crippen molar-refractivity contribution in [2.75, 3.05) is 0 Å². The number of para-hydroxylation sites is 1. The van der Waals surface area contributed by atoms with E-state index in [0.717, 1.165) is 33.5 Å². The SMILES string of the molecule is O[C@@H](Cn1cnc(-c2ccccc2)c1-c1ccccc1)Cn1c2ccccc2c2cc(I)ccc21. The molecule has 6 rings (SSSR count). The summed E-state index contributed by atoms with van der Waals surface area (Å²) in [6, 6.07) is 35.4. The minimum Gasteiger partial charge on any atom is -0.389 e. The first-order valence-electron chi connectivity index (χ1n) is 11.7. The second-order valence-electron chi connectivity index (χ2n) is 8.77. The average molecular weight is 569 g/mol. The van der Waals surface area contributed by atoms with E-state index in [9.17, 15) is 5.11 Å². The molecular weight excluding hydrogens is 545 g/mol. The van der Waals surface area contributed by atoms with Gasteiger partial charge < -0.3 is 14.2 Å². The van der Waals surface area contributed by atoms with Crippen molar-refractivity contribution in [2.45, 2.75) is 19.2 Å². The number of imidazole rings is 1. The number of hydrogen-bond acceptors (Lipinski definition) is 2. The summed E-state index contributed by atoms with van der Waals surface area (Å²) >= 11 is 2.36. The predicted octanol–water partition coefficient (Wildman–Crippen LogP) is 6.99. The molecule has 5 heteroatoms. The van der Waals surface area contributed by atoms with Crippen molar-refractivity contribution in [2.24, 2.45) is 0 Å². The smallest absolute Gasteiger partial charge is 0.0963 e. The Bertz CT molecular complexity index is 1620. The van der Waals surface area contributed by atoms with E-state index in [1.54, 1.807) is 0 Å². The first-order chi connectivity index (χ1) is 17.2. The van der Waals surface area contributed by atoms with Crippen molar-refractivity contribution in [3.63, 3.8) is 0 Å². The van der Waals surface area contributed by atoms with Crippen LogP contribution < -0.4 is 0 Å². The number of aliphatic hydroxyl groups excluding tert-OH is 1. The zero-order valence-electron chi connectivity index (χ0n) is 19.1. The van der Waals surface area contributed by atoms with E-state index in [1.165, 1.54) is 14.3 Å². The average Bonchev–Trinajstić information content (AvgIpc) is 3.44. The van der Waals surface area contributed by atoms with Gasteiger partial charge in [0, 0.05) is 36.5 Å². The maximum absolute atomic E-state index is 11.3. The van der Waals surface area contributed by atoms with Gasteiger partial charge in [0.1, 0.15) is 0 Å². The standard InChI is InChI=1S/C30H24IN3O/c31-23-15-16-28-26(17-23)25-13-7-8-14-27(25)34(28)19-24(35)18-33-20-32-29(21-9-3-1-4-10-21)30(33)22-11-5-2-6-12-22/h1-17,20,24,35H,18-19H2/t24-/m0/s1. The molecule has 1 atom stereocenters. The van der Waals surface area contributed by atoms with Crippen LogP contribution in [0.15, 0.2) is 109 Å². The maximum atomic E-state index is 11.3. The van der Waals surface area contributed by atoms with Gasteiger partial charge >= 0.3 is 0 Å². The van der Waals surface area contributed by atoms with E-state index in [2.05, 4.69) is 98.5 Å². The molecule has 2 heterocycles. The first kappa shape index (κ1) is 22.1. The Labute approximate surface area is 217 Å². The molecule has 0 aliphatic rings. The van der Waals surface area contributed by atoms with Gasteiger partial charge in [0.15, 0.2) is 0 Å². The van der Waals surface area contributed by atoms with Crippen molar-refractivity contribution >= 4 is 44.4 Å². The summed E-state index contributed by atoms with van der Waals surface area (Å²) in [6.45, 7) is 0.945. The summed E-state index contributed by atoms with van der Waals surface area (Å²) in [5, 5.41) is 13.8. The third-order valence-electron chi connectivity index (χ3n) is 6.47. The summed E-state index contributed by atoms with van der Waals surface area (Å²) in [5.74, 6) is 0. The van der Waals surface area contributed by atoms with Crippen LogP contribution in [0.5, 0.6) is 0 Å². The van der Waals surface area contributed by atoms with E-state index in [1.807, 2.05) is 42.7 Å². The number of halogens is 1. The van der Waals surface area contributed by atoms with Crippen LogP contribution in [-0.2, 0) is 13.1 Å². The zero-order chi connectivity index (χ0) is 23.8. The molecule has 4 nitrogen and oxygen atoms in total. The molecular formula is C30H24IN3O. The second kappa shape index (κ2) is 9.32. The lowest BCUT2D eigenvalue weighted by atomic mass is 10.0. The molecule has 0 amide bonds. The summed E-state index contributed by atoms with van der Waals surface area (Å²) in [7, 11) is 0. The van der Waals surface area contributed by atoms with Gasteiger partial charge in [-0.25, -0.2) is 4.98 Å². The summed E-state index contributed by atoms with van der Waals surface area (Å²) in [6.07, 6.45) is 1.26. The lowest BCUT2D eigenvalue weighted by molar-refractivity contribution is 0.137. The molecule has 1 N–H and O–H groups in total. The fourth-order valence-corrected chi connectivity index (χ4v) is 5.44. The lowest BCUT2D eigenvalue weighted by Crippen LogP contribution is -2.22. The maximum Gasteiger partial charge on any atom is 0.0963 e. The van der Waals surface area contributed by atoms with Crippen LogP contribution >= 0.6 is 22.6 Å². The molecule has 2 aromatic heterocycles.